The van der Waals surface area contributed by atoms with Crippen LogP contribution in [0.1, 0.15) is 16.1 Å². The smallest absolute Gasteiger partial charge is 0.379 e. The first-order chi connectivity index (χ1) is 14.9. The number of aromatic nitrogens is 4. The number of anilines is 1. The van der Waals surface area contributed by atoms with Crippen LogP contribution in [0.5, 0.6) is 5.75 Å². The van der Waals surface area contributed by atoms with Crippen molar-refractivity contribution in [3.63, 3.8) is 0 Å². The molecule has 0 aliphatic heterocycles. The molecule has 1 aromatic carbocycles. The Bertz CT molecular complexity index is 1410. The van der Waals surface area contributed by atoms with E-state index in [-0.39, 0.29) is 16.9 Å². The summed E-state index contributed by atoms with van der Waals surface area (Å²) in [6.07, 6.45) is 2.93. The Hall–Kier alpha value is -4.41. The summed E-state index contributed by atoms with van der Waals surface area (Å²) in [5, 5.41) is 4.13. The van der Waals surface area contributed by atoms with Crippen LogP contribution < -0.4 is 21.4 Å². The molecule has 3 heterocycles. The number of ether oxygens (including phenoxy) is 1. The molecular weight excluding hydrogens is 404 g/mol. The maximum Gasteiger partial charge on any atom is 0.379 e. The van der Waals surface area contributed by atoms with E-state index in [9.17, 15) is 14.4 Å². The van der Waals surface area contributed by atoms with Gasteiger partial charge in [0.1, 0.15) is 5.75 Å². The number of benzene rings is 1. The van der Waals surface area contributed by atoms with Crippen LogP contribution in [0.15, 0.2) is 61.8 Å². The van der Waals surface area contributed by atoms with Gasteiger partial charge in [0.2, 0.25) is 11.7 Å². The average molecular weight is 422 g/mol. The second kappa shape index (κ2) is 7.78. The monoisotopic (exact) mass is 422 g/mol. The number of carbonyl (C=O) groups is 1. The minimum atomic E-state index is -0.588. The van der Waals surface area contributed by atoms with E-state index in [1.807, 2.05) is 0 Å². The minimum absolute atomic E-state index is 0.115. The van der Waals surface area contributed by atoms with Crippen LogP contribution >= 0.6 is 0 Å². The van der Waals surface area contributed by atoms with Gasteiger partial charge < -0.3 is 13.7 Å². The third-order valence-corrected chi connectivity index (χ3v) is 4.67. The second-order valence-corrected chi connectivity index (χ2v) is 6.68. The topological polar surface area (TPSA) is 126 Å². The van der Waals surface area contributed by atoms with Crippen LogP contribution in [-0.2, 0) is 21.1 Å². The molecule has 0 unspecified atom stereocenters. The van der Waals surface area contributed by atoms with Gasteiger partial charge in [-0.25, -0.2) is 15.0 Å². The molecule has 31 heavy (non-hydrogen) atoms. The maximum absolute atomic E-state index is 12.4. The Morgan fingerprint density at radius 2 is 1.84 bits per heavy atom. The molecule has 1 N–H and O–H groups in total. The summed E-state index contributed by atoms with van der Waals surface area (Å²) in [5.41, 5.74) is 3.14. The number of rotatable bonds is 5. The third-order valence-electron chi connectivity index (χ3n) is 4.67. The predicted octanol–water partition coefficient (Wildman–Crippen LogP) is 1.23. The molecule has 11 heteroatoms. The highest BCUT2D eigenvalue weighted by atomic mass is 16.5. The number of furan rings is 1. The fourth-order valence-electron chi connectivity index (χ4n) is 2.96. The molecule has 0 amide bonds. The molecule has 0 spiro atoms. The van der Waals surface area contributed by atoms with Gasteiger partial charge in [0.05, 0.1) is 12.5 Å². The first-order valence-electron chi connectivity index (χ1n) is 9.14. The van der Waals surface area contributed by atoms with Gasteiger partial charge in [-0.05, 0) is 42.0 Å². The summed E-state index contributed by atoms with van der Waals surface area (Å²) in [6, 6.07) is 9.79. The molecule has 0 saturated heterocycles. The van der Waals surface area contributed by atoms with Crippen molar-refractivity contribution in [2.24, 2.45) is 26.2 Å². The highest BCUT2D eigenvalue weighted by Crippen LogP contribution is 2.15. The van der Waals surface area contributed by atoms with Gasteiger partial charge in [0, 0.05) is 21.1 Å². The number of carbonyl (C=O) groups excluding carboxylic acids is 1. The Labute approximate surface area is 174 Å². The SMILES string of the molecule is Cn1c(=O)c2c(nc(NN=Cc3ccc(OC(=O)c4ccco4)cc3)n2C)n(C)c1=O. The maximum atomic E-state index is 12.4. The summed E-state index contributed by atoms with van der Waals surface area (Å²) in [4.78, 5) is 40.6. The number of hydrazone groups is 1. The summed E-state index contributed by atoms with van der Waals surface area (Å²) in [5.74, 6) is 0.187. The van der Waals surface area contributed by atoms with Gasteiger partial charge in [-0.2, -0.15) is 10.1 Å². The van der Waals surface area contributed by atoms with E-state index in [0.29, 0.717) is 11.7 Å². The molecule has 158 valence electrons. The highest BCUT2D eigenvalue weighted by Gasteiger charge is 2.16. The Kier molecular flexibility index (Phi) is 4.99. The molecule has 3 aromatic heterocycles. The van der Waals surface area contributed by atoms with Crippen molar-refractivity contribution in [2.75, 3.05) is 5.43 Å². The van der Waals surface area contributed by atoms with E-state index in [4.69, 9.17) is 9.15 Å². The predicted molar refractivity (Wildman–Crippen MR) is 113 cm³/mol. The molecule has 0 bridgehead atoms. The molecular formula is C20H18N6O5. The zero-order valence-corrected chi connectivity index (χ0v) is 16.9. The van der Waals surface area contributed by atoms with E-state index >= 15 is 0 Å². The van der Waals surface area contributed by atoms with Crippen LogP contribution in [0, 0.1) is 0 Å². The lowest BCUT2D eigenvalue weighted by Crippen LogP contribution is -2.37. The summed E-state index contributed by atoms with van der Waals surface area (Å²) >= 11 is 0. The van der Waals surface area contributed by atoms with Crippen molar-refractivity contribution >= 4 is 29.3 Å². The van der Waals surface area contributed by atoms with Crippen molar-refractivity contribution in [2.45, 2.75) is 0 Å². The van der Waals surface area contributed by atoms with Crippen molar-refractivity contribution in [3.05, 3.63) is 74.8 Å². The lowest BCUT2D eigenvalue weighted by Gasteiger charge is -2.03. The first-order valence-corrected chi connectivity index (χ1v) is 9.14. The van der Waals surface area contributed by atoms with Crippen molar-refractivity contribution in [1.29, 1.82) is 0 Å². The number of fused-ring (bicyclic) bond motifs is 1. The number of nitrogens with zero attached hydrogens (tertiary/aromatic N) is 5. The molecule has 0 aliphatic rings. The van der Waals surface area contributed by atoms with Gasteiger partial charge in [-0.3, -0.25) is 13.9 Å². The number of aryl methyl sites for hydroxylation is 2. The Morgan fingerprint density at radius 1 is 1.10 bits per heavy atom. The zero-order valence-electron chi connectivity index (χ0n) is 16.9. The standard InChI is InChI=1S/C20H18N6O5/c1-24-15-16(25(2)20(29)26(3)17(15)27)22-19(24)23-21-11-12-6-8-13(9-7-12)31-18(28)14-5-4-10-30-14/h4-11H,1-3H3,(H,22,23). The van der Waals surface area contributed by atoms with Gasteiger partial charge >= 0.3 is 11.7 Å². The number of hydrogen-bond donors (Lipinski definition) is 1. The van der Waals surface area contributed by atoms with Crippen LogP contribution in [-0.4, -0.2) is 30.9 Å². The molecule has 11 nitrogen and oxygen atoms in total. The molecule has 0 radical (unpaired) electrons. The number of imidazole rings is 1. The van der Waals surface area contributed by atoms with Crippen molar-refractivity contribution in [3.8, 4) is 5.75 Å². The lowest BCUT2D eigenvalue weighted by atomic mass is 10.2. The normalized spacial score (nSPS) is 11.3. The average Bonchev–Trinajstić information content (AvgIpc) is 3.41. The zero-order chi connectivity index (χ0) is 22.1. The molecule has 0 saturated carbocycles. The molecule has 0 atom stereocenters. The highest BCUT2D eigenvalue weighted by molar-refractivity contribution is 5.88. The second-order valence-electron chi connectivity index (χ2n) is 6.68. The van der Waals surface area contributed by atoms with E-state index in [0.717, 1.165) is 10.1 Å². The van der Waals surface area contributed by atoms with Crippen molar-refractivity contribution < 1.29 is 13.9 Å². The summed E-state index contributed by atoms with van der Waals surface area (Å²) in [6.45, 7) is 0. The quantitative estimate of drug-likeness (QED) is 0.222. The van der Waals surface area contributed by atoms with Gasteiger partial charge in [-0.15, -0.1) is 0 Å². The Morgan fingerprint density at radius 3 is 2.52 bits per heavy atom. The first kappa shape index (κ1) is 19.9. The van der Waals surface area contributed by atoms with Crippen LogP contribution in [0.4, 0.5) is 5.95 Å². The Balaban J connectivity index is 1.49. The number of nitrogens with one attached hydrogen (secondary N) is 1. The fraction of sp³-hybridized carbons (Fsp3) is 0.150. The molecule has 4 aromatic rings. The fourth-order valence-corrected chi connectivity index (χ4v) is 2.96. The van der Waals surface area contributed by atoms with E-state index in [1.54, 1.807) is 44.4 Å². The van der Waals surface area contributed by atoms with Crippen LogP contribution in [0.25, 0.3) is 11.2 Å². The summed E-state index contributed by atoms with van der Waals surface area (Å²) in [7, 11) is 4.61. The van der Waals surface area contributed by atoms with Gasteiger partial charge in [0.15, 0.2) is 11.2 Å². The molecule has 4 rings (SSSR count). The molecule has 0 aliphatic carbocycles. The number of esters is 1. The van der Waals surface area contributed by atoms with Crippen LogP contribution in [0.3, 0.4) is 0 Å². The van der Waals surface area contributed by atoms with Gasteiger partial charge in [-0.1, -0.05) is 0 Å². The van der Waals surface area contributed by atoms with Gasteiger partial charge in [0.25, 0.3) is 5.56 Å². The van der Waals surface area contributed by atoms with Crippen LogP contribution in [0.2, 0.25) is 0 Å². The summed E-state index contributed by atoms with van der Waals surface area (Å²) < 4.78 is 14.1. The van der Waals surface area contributed by atoms with E-state index in [2.05, 4.69) is 15.5 Å². The largest absolute Gasteiger partial charge is 0.457 e. The molecule has 0 fully saturated rings. The van der Waals surface area contributed by atoms with Crippen molar-refractivity contribution in [1.82, 2.24) is 18.7 Å². The third kappa shape index (κ3) is 3.64. The minimum Gasteiger partial charge on any atom is -0.457 e. The number of hydrogen-bond acceptors (Lipinski definition) is 8. The van der Waals surface area contributed by atoms with E-state index in [1.165, 1.54) is 34.7 Å². The lowest BCUT2D eigenvalue weighted by molar-refractivity contribution is 0.0701. The van der Waals surface area contributed by atoms with E-state index < -0.39 is 17.2 Å².